The monoisotopic (exact) mass is 235 g/mol. The van der Waals surface area contributed by atoms with Crippen molar-refractivity contribution in [3.05, 3.63) is 35.4 Å². The first-order chi connectivity index (χ1) is 8.26. The average molecular weight is 235 g/mol. The van der Waals surface area contributed by atoms with Crippen molar-refractivity contribution in [1.82, 2.24) is 5.32 Å². The first-order valence-corrected chi connectivity index (χ1v) is 6.66. The molecule has 2 nitrogen and oxygen atoms in total. The fraction of sp³-hybridized carbons (Fsp3) is 0.600. The Morgan fingerprint density at radius 1 is 1.12 bits per heavy atom. The molecule has 0 saturated carbocycles. The first kappa shape index (κ1) is 14.2. The SMILES string of the molecule is CCCC(C)OCc1ccc(CNCC)cc1. The molecule has 1 rings (SSSR count). The van der Waals surface area contributed by atoms with Gasteiger partial charge in [-0.2, -0.15) is 0 Å². The Morgan fingerprint density at radius 3 is 2.35 bits per heavy atom. The van der Waals surface area contributed by atoms with Crippen molar-refractivity contribution in [3.63, 3.8) is 0 Å². The molecule has 1 N–H and O–H groups in total. The lowest BCUT2D eigenvalue weighted by Gasteiger charge is -2.12. The van der Waals surface area contributed by atoms with Gasteiger partial charge < -0.3 is 10.1 Å². The van der Waals surface area contributed by atoms with Gasteiger partial charge in [0.05, 0.1) is 12.7 Å². The molecule has 0 fully saturated rings. The van der Waals surface area contributed by atoms with Crippen LogP contribution in [0.25, 0.3) is 0 Å². The van der Waals surface area contributed by atoms with Crippen LogP contribution in [-0.4, -0.2) is 12.6 Å². The summed E-state index contributed by atoms with van der Waals surface area (Å²) in [5.74, 6) is 0. The Bertz CT molecular complexity index is 294. The normalized spacial score (nSPS) is 12.6. The van der Waals surface area contributed by atoms with E-state index < -0.39 is 0 Å². The lowest BCUT2D eigenvalue weighted by Crippen LogP contribution is -2.11. The zero-order valence-corrected chi connectivity index (χ0v) is 11.3. The van der Waals surface area contributed by atoms with E-state index in [1.165, 1.54) is 17.5 Å². The van der Waals surface area contributed by atoms with Gasteiger partial charge in [-0.25, -0.2) is 0 Å². The molecule has 0 saturated heterocycles. The molecule has 1 unspecified atom stereocenters. The summed E-state index contributed by atoms with van der Waals surface area (Å²) in [6, 6.07) is 8.66. The van der Waals surface area contributed by atoms with Crippen LogP contribution in [0, 0.1) is 0 Å². The maximum absolute atomic E-state index is 5.77. The summed E-state index contributed by atoms with van der Waals surface area (Å²) in [6.45, 7) is 9.14. The van der Waals surface area contributed by atoms with Crippen molar-refractivity contribution in [2.75, 3.05) is 6.54 Å². The van der Waals surface area contributed by atoms with Crippen molar-refractivity contribution >= 4 is 0 Å². The van der Waals surface area contributed by atoms with Gasteiger partial charge in [-0.05, 0) is 31.0 Å². The average Bonchev–Trinajstić information content (AvgIpc) is 2.35. The lowest BCUT2D eigenvalue weighted by atomic mass is 10.1. The summed E-state index contributed by atoms with van der Waals surface area (Å²) in [4.78, 5) is 0. The second-order valence-electron chi connectivity index (χ2n) is 4.51. The highest BCUT2D eigenvalue weighted by Crippen LogP contribution is 2.09. The van der Waals surface area contributed by atoms with Crippen molar-refractivity contribution in [2.45, 2.75) is 52.9 Å². The summed E-state index contributed by atoms with van der Waals surface area (Å²) >= 11 is 0. The fourth-order valence-electron chi connectivity index (χ4n) is 1.75. The minimum Gasteiger partial charge on any atom is -0.374 e. The molecular weight excluding hydrogens is 210 g/mol. The molecule has 0 bridgehead atoms. The highest BCUT2D eigenvalue weighted by Gasteiger charge is 2.01. The summed E-state index contributed by atoms with van der Waals surface area (Å²) in [7, 11) is 0. The van der Waals surface area contributed by atoms with Crippen LogP contribution < -0.4 is 5.32 Å². The minimum atomic E-state index is 0.362. The van der Waals surface area contributed by atoms with Crippen LogP contribution in [0.4, 0.5) is 0 Å². The van der Waals surface area contributed by atoms with Gasteiger partial charge in [0, 0.05) is 6.54 Å². The third-order valence-electron chi connectivity index (χ3n) is 2.83. The molecule has 96 valence electrons. The number of rotatable bonds is 8. The Morgan fingerprint density at radius 2 is 1.76 bits per heavy atom. The van der Waals surface area contributed by atoms with Crippen molar-refractivity contribution < 1.29 is 4.74 Å². The molecule has 0 aliphatic carbocycles. The van der Waals surface area contributed by atoms with Gasteiger partial charge in [0.2, 0.25) is 0 Å². The number of ether oxygens (including phenoxy) is 1. The highest BCUT2D eigenvalue weighted by molar-refractivity contribution is 5.21. The number of benzene rings is 1. The number of hydrogen-bond donors (Lipinski definition) is 1. The van der Waals surface area contributed by atoms with E-state index in [1.807, 2.05) is 0 Å². The predicted molar refractivity (Wildman–Crippen MR) is 73.0 cm³/mol. The Kier molecular flexibility index (Phi) is 6.90. The van der Waals surface area contributed by atoms with Crippen LogP contribution >= 0.6 is 0 Å². The Hall–Kier alpha value is -0.860. The largest absolute Gasteiger partial charge is 0.374 e. The van der Waals surface area contributed by atoms with Crippen molar-refractivity contribution in [2.24, 2.45) is 0 Å². The van der Waals surface area contributed by atoms with Crippen LogP contribution in [0.15, 0.2) is 24.3 Å². The molecule has 0 radical (unpaired) electrons. The maximum Gasteiger partial charge on any atom is 0.0720 e. The quantitative estimate of drug-likeness (QED) is 0.744. The molecule has 0 heterocycles. The highest BCUT2D eigenvalue weighted by atomic mass is 16.5. The van der Waals surface area contributed by atoms with Crippen LogP contribution in [0.2, 0.25) is 0 Å². The van der Waals surface area contributed by atoms with Gasteiger partial charge >= 0.3 is 0 Å². The lowest BCUT2D eigenvalue weighted by molar-refractivity contribution is 0.0472. The van der Waals surface area contributed by atoms with Gasteiger partial charge in [-0.1, -0.05) is 44.5 Å². The van der Waals surface area contributed by atoms with Crippen molar-refractivity contribution in [3.8, 4) is 0 Å². The molecule has 0 amide bonds. The summed E-state index contributed by atoms with van der Waals surface area (Å²) in [6.07, 6.45) is 2.68. The smallest absolute Gasteiger partial charge is 0.0720 e. The molecule has 0 spiro atoms. The van der Waals surface area contributed by atoms with Crippen LogP contribution in [0.1, 0.15) is 44.7 Å². The van der Waals surface area contributed by atoms with Crippen molar-refractivity contribution in [1.29, 1.82) is 0 Å². The Balaban J connectivity index is 2.34. The standard InChI is InChI=1S/C15H25NO/c1-4-6-13(3)17-12-15-9-7-14(8-10-15)11-16-5-2/h7-10,13,16H,4-6,11-12H2,1-3H3. The molecule has 2 heteroatoms. The molecule has 1 aromatic carbocycles. The van der Waals surface area contributed by atoms with Gasteiger partial charge in [-0.3, -0.25) is 0 Å². The zero-order valence-electron chi connectivity index (χ0n) is 11.3. The van der Waals surface area contributed by atoms with E-state index in [0.717, 1.165) is 26.1 Å². The number of nitrogens with one attached hydrogen (secondary N) is 1. The van der Waals surface area contributed by atoms with Crippen LogP contribution in [-0.2, 0) is 17.9 Å². The van der Waals surface area contributed by atoms with Gasteiger partial charge in [0.25, 0.3) is 0 Å². The van der Waals surface area contributed by atoms with Gasteiger partial charge in [0.15, 0.2) is 0 Å². The van der Waals surface area contributed by atoms with E-state index in [1.54, 1.807) is 0 Å². The molecule has 1 aromatic rings. The molecule has 0 aliphatic rings. The third-order valence-corrected chi connectivity index (χ3v) is 2.83. The van der Waals surface area contributed by atoms with Gasteiger partial charge in [-0.15, -0.1) is 0 Å². The minimum absolute atomic E-state index is 0.362. The van der Waals surface area contributed by atoms with E-state index >= 15 is 0 Å². The molecular formula is C15H25NO. The zero-order chi connectivity index (χ0) is 12.5. The second-order valence-corrected chi connectivity index (χ2v) is 4.51. The van der Waals surface area contributed by atoms with E-state index in [-0.39, 0.29) is 0 Å². The first-order valence-electron chi connectivity index (χ1n) is 6.66. The molecule has 17 heavy (non-hydrogen) atoms. The summed E-state index contributed by atoms with van der Waals surface area (Å²) in [5.41, 5.74) is 2.59. The van der Waals surface area contributed by atoms with Gasteiger partial charge in [0.1, 0.15) is 0 Å². The Labute approximate surface area is 105 Å². The topological polar surface area (TPSA) is 21.3 Å². The molecule has 1 atom stereocenters. The van der Waals surface area contributed by atoms with E-state index in [0.29, 0.717) is 6.10 Å². The molecule has 0 aliphatic heterocycles. The van der Waals surface area contributed by atoms with Crippen LogP contribution in [0.3, 0.4) is 0 Å². The van der Waals surface area contributed by atoms with E-state index in [4.69, 9.17) is 4.74 Å². The fourth-order valence-corrected chi connectivity index (χ4v) is 1.75. The predicted octanol–water partition coefficient (Wildman–Crippen LogP) is 3.50. The third kappa shape index (κ3) is 5.85. The maximum atomic E-state index is 5.77. The van der Waals surface area contributed by atoms with E-state index in [9.17, 15) is 0 Å². The second kappa shape index (κ2) is 8.26. The van der Waals surface area contributed by atoms with E-state index in [2.05, 4.69) is 50.4 Å². The summed E-state index contributed by atoms with van der Waals surface area (Å²) in [5, 5.41) is 3.32. The number of hydrogen-bond acceptors (Lipinski definition) is 2. The van der Waals surface area contributed by atoms with Crippen LogP contribution in [0.5, 0.6) is 0 Å². The summed E-state index contributed by atoms with van der Waals surface area (Å²) < 4.78 is 5.77. The molecule has 0 aromatic heterocycles.